The molecule has 0 heterocycles. The number of hydrogen-bond acceptors (Lipinski definition) is 2. The predicted molar refractivity (Wildman–Crippen MR) is 59.5 cm³/mol. The Morgan fingerprint density at radius 2 is 2.00 bits per heavy atom. The molecule has 0 aliphatic carbocycles. The molecule has 0 spiro atoms. The molecule has 0 aromatic heterocycles. The third-order valence-corrected chi connectivity index (χ3v) is 2.57. The first-order chi connectivity index (χ1) is 7.06. The predicted octanol–water partition coefficient (Wildman–Crippen LogP) is 2.46. The lowest BCUT2D eigenvalue weighted by Crippen LogP contribution is -2.11. The Balaban J connectivity index is 2.93. The number of carbonyl (C=O) groups is 1. The first kappa shape index (κ1) is 11.3. The number of rotatable bonds is 2. The van der Waals surface area contributed by atoms with E-state index in [0.717, 1.165) is 11.3 Å². The molecule has 1 rings (SSSR count). The van der Waals surface area contributed by atoms with E-state index in [4.69, 9.17) is 5.26 Å². The molecule has 0 saturated heterocycles. The lowest BCUT2D eigenvalue weighted by Gasteiger charge is -2.11. The van der Waals surface area contributed by atoms with Gasteiger partial charge in [-0.15, -0.1) is 0 Å². The molecule has 1 N–H and O–H groups in total. The van der Waals surface area contributed by atoms with Gasteiger partial charge in [0.2, 0.25) is 5.91 Å². The van der Waals surface area contributed by atoms with E-state index in [0.29, 0.717) is 0 Å². The Morgan fingerprint density at radius 1 is 1.33 bits per heavy atom. The molecule has 3 nitrogen and oxygen atoms in total. The Bertz CT molecular complexity index is 430. The van der Waals surface area contributed by atoms with Crippen LogP contribution in [0.2, 0.25) is 0 Å². The van der Waals surface area contributed by atoms with Gasteiger partial charge in [-0.05, 0) is 43.5 Å². The maximum absolute atomic E-state index is 11.2. The van der Waals surface area contributed by atoms with Crippen molar-refractivity contribution in [1.82, 2.24) is 0 Å². The Hall–Kier alpha value is -1.82. The second-order valence-electron chi connectivity index (χ2n) is 3.56. The van der Waals surface area contributed by atoms with Crippen LogP contribution in [-0.2, 0) is 4.79 Å². The zero-order chi connectivity index (χ0) is 11.4. The van der Waals surface area contributed by atoms with Gasteiger partial charge in [0, 0.05) is 5.69 Å². The number of nitriles is 1. The second kappa shape index (κ2) is 4.61. The van der Waals surface area contributed by atoms with Crippen molar-refractivity contribution >= 4 is 11.6 Å². The summed E-state index contributed by atoms with van der Waals surface area (Å²) in [4.78, 5) is 11.2. The van der Waals surface area contributed by atoms with Gasteiger partial charge in [0.25, 0.3) is 0 Å². The molecule has 0 aliphatic heterocycles. The lowest BCUT2D eigenvalue weighted by molar-refractivity contribution is -0.115. The van der Waals surface area contributed by atoms with Crippen LogP contribution in [-0.4, -0.2) is 5.91 Å². The second-order valence-corrected chi connectivity index (χ2v) is 3.56. The molecule has 1 amide bonds. The number of anilines is 1. The van der Waals surface area contributed by atoms with Crippen molar-refractivity contribution in [2.45, 2.75) is 27.2 Å². The number of hydrogen-bond donors (Lipinski definition) is 1. The van der Waals surface area contributed by atoms with E-state index in [1.165, 1.54) is 11.1 Å². The average molecular weight is 202 g/mol. The fraction of sp³-hybridized carbons (Fsp3) is 0.333. The fourth-order valence-corrected chi connectivity index (χ4v) is 1.36. The molecule has 0 bridgehead atoms. The van der Waals surface area contributed by atoms with Gasteiger partial charge in [-0.3, -0.25) is 4.79 Å². The van der Waals surface area contributed by atoms with Crippen LogP contribution >= 0.6 is 0 Å². The molecule has 1 aromatic rings. The van der Waals surface area contributed by atoms with Gasteiger partial charge in [0.05, 0.1) is 6.07 Å². The van der Waals surface area contributed by atoms with Crippen LogP contribution in [0.4, 0.5) is 5.69 Å². The smallest absolute Gasteiger partial charge is 0.238 e. The SMILES string of the molecule is Cc1ccc(NC(=O)CC#N)c(C)c1C. The van der Waals surface area contributed by atoms with Crippen LogP contribution in [0, 0.1) is 32.1 Å². The molecule has 0 unspecified atom stereocenters. The summed E-state index contributed by atoms with van der Waals surface area (Å²) >= 11 is 0. The maximum Gasteiger partial charge on any atom is 0.238 e. The van der Waals surface area contributed by atoms with Gasteiger partial charge in [-0.25, -0.2) is 0 Å². The Kier molecular flexibility index (Phi) is 3.46. The van der Waals surface area contributed by atoms with Gasteiger partial charge in [-0.2, -0.15) is 5.26 Å². The van der Waals surface area contributed by atoms with Crippen LogP contribution in [0.15, 0.2) is 12.1 Å². The normalized spacial score (nSPS) is 9.47. The van der Waals surface area contributed by atoms with Crippen LogP contribution < -0.4 is 5.32 Å². The van der Waals surface area contributed by atoms with Crippen LogP contribution in [0.5, 0.6) is 0 Å². The number of benzene rings is 1. The highest BCUT2D eigenvalue weighted by molar-refractivity contribution is 5.92. The lowest BCUT2D eigenvalue weighted by atomic mass is 10.0. The summed E-state index contributed by atoms with van der Waals surface area (Å²) < 4.78 is 0. The minimum absolute atomic E-state index is 0.105. The van der Waals surface area contributed by atoms with Crippen molar-refractivity contribution in [2.75, 3.05) is 5.32 Å². The Morgan fingerprint density at radius 3 is 2.60 bits per heavy atom. The molecule has 0 aliphatic rings. The van der Waals surface area contributed by atoms with E-state index in [9.17, 15) is 4.79 Å². The highest BCUT2D eigenvalue weighted by atomic mass is 16.1. The largest absolute Gasteiger partial charge is 0.325 e. The first-order valence-electron chi connectivity index (χ1n) is 4.80. The van der Waals surface area contributed by atoms with Gasteiger partial charge in [0.1, 0.15) is 6.42 Å². The van der Waals surface area contributed by atoms with Gasteiger partial charge in [0.15, 0.2) is 0 Å². The number of nitrogens with zero attached hydrogens (tertiary/aromatic N) is 1. The number of aryl methyl sites for hydroxylation is 1. The minimum Gasteiger partial charge on any atom is -0.325 e. The van der Waals surface area contributed by atoms with Gasteiger partial charge in [-0.1, -0.05) is 6.07 Å². The fourth-order valence-electron chi connectivity index (χ4n) is 1.36. The quantitative estimate of drug-likeness (QED) is 0.800. The van der Waals surface area contributed by atoms with Crippen molar-refractivity contribution in [3.05, 3.63) is 28.8 Å². The van der Waals surface area contributed by atoms with Crippen molar-refractivity contribution in [3.8, 4) is 6.07 Å². The molecule has 1 aromatic carbocycles. The highest BCUT2D eigenvalue weighted by Crippen LogP contribution is 2.21. The Labute approximate surface area is 89.7 Å². The molecule has 0 radical (unpaired) electrons. The maximum atomic E-state index is 11.2. The summed E-state index contributed by atoms with van der Waals surface area (Å²) in [6.07, 6.45) is -0.105. The summed E-state index contributed by atoms with van der Waals surface area (Å²) in [6, 6.07) is 5.65. The zero-order valence-electron chi connectivity index (χ0n) is 9.22. The summed E-state index contributed by atoms with van der Waals surface area (Å²) in [7, 11) is 0. The zero-order valence-corrected chi connectivity index (χ0v) is 9.22. The van der Waals surface area contributed by atoms with E-state index in [1.54, 1.807) is 0 Å². The standard InChI is InChI=1S/C12H14N2O/c1-8-4-5-11(10(3)9(8)2)14-12(15)6-7-13/h4-5H,6H2,1-3H3,(H,14,15). The highest BCUT2D eigenvalue weighted by Gasteiger charge is 2.06. The van der Waals surface area contributed by atoms with E-state index in [1.807, 2.05) is 39.0 Å². The van der Waals surface area contributed by atoms with E-state index < -0.39 is 0 Å². The molecule has 15 heavy (non-hydrogen) atoms. The minimum atomic E-state index is -0.260. The molecule has 78 valence electrons. The third-order valence-electron chi connectivity index (χ3n) is 2.57. The van der Waals surface area contributed by atoms with E-state index >= 15 is 0 Å². The molecular formula is C12H14N2O. The number of nitrogens with one attached hydrogen (secondary N) is 1. The van der Waals surface area contributed by atoms with Crippen molar-refractivity contribution in [3.63, 3.8) is 0 Å². The molecule has 3 heteroatoms. The van der Waals surface area contributed by atoms with E-state index in [-0.39, 0.29) is 12.3 Å². The van der Waals surface area contributed by atoms with Crippen LogP contribution in [0.1, 0.15) is 23.1 Å². The number of carbonyl (C=O) groups excluding carboxylic acids is 1. The van der Waals surface area contributed by atoms with Crippen molar-refractivity contribution in [2.24, 2.45) is 0 Å². The molecular weight excluding hydrogens is 188 g/mol. The molecule has 0 saturated carbocycles. The third kappa shape index (κ3) is 2.57. The summed E-state index contributed by atoms with van der Waals surface area (Å²) in [5, 5.41) is 11.1. The first-order valence-corrected chi connectivity index (χ1v) is 4.80. The monoisotopic (exact) mass is 202 g/mol. The van der Waals surface area contributed by atoms with Crippen molar-refractivity contribution < 1.29 is 4.79 Å². The summed E-state index contributed by atoms with van der Waals surface area (Å²) in [5.74, 6) is -0.260. The molecule has 0 atom stereocenters. The van der Waals surface area contributed by atoms with Crippen LogP contribution in [0.25, 0.3) is 0 Å². The summed E-state index contributed by atoms with van der Waals surface area (Å²) in [6.45, 7) is 6.01. The average Bonchev–Trinajstić information content (AvgIpc) is 2.20. The van der Waals surface area contributed by atoms with Gasteiger partial charge < -0.3 is 5.32 Å². The molecule has 0 fully saturated rings. The van der Waals surface area contributed by atoms with E-state index in [2.05, 4.69) is 5.32 Å². The van der Waals surface area contributed by atoms with Crippen molar-refractivity contribution in [1.29, 1.82) is 5.26 Å². The van der Waals surface area contributed by atoms with Crippen LogP contribution in [0.3, 0.4) is 0 Å². The summed E-state index contributed by atoms with van der Waals surface area (Å²) in [5.41, 5.74) is 4.22. The number of amides is 1. The van der Waals surface area contributed by atoms with Gasteiger partial charge >= 0.3 is 0 Å². The topological polar surface area (TPSA) is 52.9 Å².